The number of rotatable bonds is 16. The van der Waals surface area contributed by atoms with Gasteiger partial charge in [-0.1, -0.05) is 44.5 Å². The second-order valence-electron chi connectivity index (χ2n) is 10.6. The summed E-state index contributed by atoms with van der Waals surface area (Å²) in [7, 11) is 3.15. The predicted molar refractivity (Wildman–Crippen MR) is 164 cm³/mol. The summed E-state index contributed by atoms with van der Waals surface area (Å²) in [5.74, 6) is 3.64. The third-order valence-corrected chi connectivity index (χ3v) is 7.33. The Morgan fingerprint density at radius 2 is 1.66 bits per heavy atom. The molecule has 0 atom stereocenters. The van der Waals surface area contributed by atoms with Gasteiger partial charge in [0.25, 0.3) is 5.91 Å². The van der Waals surface area contributed by atoms with Crippen molar-refractivity contribution in [3.8, 4) is 17.2 Å². The van der Waals surface area contributed by atoms with Crippen LogP contribution in [0.1, 0.15) is 73.6 Å². The van der Waals surface area contributed by atoms with Crippen LogP contribution in [-0.4, -0.2) is 42.8 Å². The summed E-state index contributed by atoms with van der Waals surface area (Å²) >= 11 is 0. The molecule has 1 heterocycles. The van der Waals surface area contributed by atoms with Crippen molar-refractivity contribution in [2.45, 2.75) is 64.8 Å². The van der Waals surface area contributed by atoms with Crippen molar-refractivity contribution in [3.05, 3.63) is 83.7 Å². The number of aromatic nitrogens is 2. The van der Waals surface area contributed by atoms with Crippen LogP contribution in [0.4, 0.5) is 0 Å². The lowest BCUT2D eigenvalue weighted by atomic mass is 10.0. The summed E-state index contributed by atoms with van der Waals surface area (Å²) in [5.41, 5.74) is 4.13. The van der Waals surface area contributed by atoms with E-state index in [0.717, 1.165) is 62.2 Å². The van der Waals surface area contributed by atoms with Gasteiger partial charge in [-0.3, -0.25) is 4.79 Å². The minimum atomic E-state index is -0.107. The number of unbranched alkanes of at least 4 members (excludes halogenated alkanes) is 3. The van der Waals surface area contributed by atoms with Crippen molar-refractivity contribution in [1.29, 1.82) is 0 Å². The first kappa shape index (κ1) is 30.0. The number of imidazole rings is 1. The second-order valence-corrected chi connectivity index (χ2v) is 10.6. The molecule has 0 spiro atoms. The number of hydrogen-bond acceptors (Lipinski definition) is 5. The Balaban J connectivity index is 1.21. The van der Waals surface area contributed by atoms with Crippen LogP contribution in [0.15, 0.2) is 66.7 Å². The van der Waals surface area contributed by atoms with Crippen LogP contribution in [0.25, 0.3) is 11.0 Å². The van der Waals surface area contributed by atoms with E-state index >= 15 is 0 Å². The van der Waals surface area contributed by atoms with Crippen molar-refractivity contribution in [2.75, 3.05) is 27.4 Å². The lowest BCUT2D eigenvalue weighted by Crippen LogP contribution is -2.24. The van der Waals surface area contributed by atoms with Gasteiger partial charge in [0, 0.05) is 25.1 Å². The fraction of sp³-hybridized carbons (Fsp3) is 0.412. The smallest absolute Gasteiger partial charge is 0.251 e. The summed E-state index contributed by atoms with van der Waals surface area (Å²) in [6.07, 6.45) is 5.87. The molecule has 7 heteroatoms. The number of carbonyl (C=O) groups excluding carboxylic acids is 1. The lowest BCUT2D eigenvalue weighted by molar-refractivity contribution is 0.0952. The Morgan fingerprint density at radius 3 is 2.41 bits per heavy atom. The third kappa shape index (κ3) is 8.26. The molecule has 0 unspecified atom stereocenters. The minimum Gasteiger partial charge on any atom is -0.494 e. The van der Waals surface area contributed by atoms with Gasteiger partial charge in [0.1, 0.15) is 11.6 Å². The van der Waals surface area contributed by atoms with Gasteiger partial charge in [-0.05, 0) is 79.6 Å². The van der Waals surface area contributed by atoms with Crippen LogP contribution in [0.5, 0.6) is 17.2 Å². The molecule has 1 aromatic heterocycles. The van der Waals surface area contributed by atoms with Crippen LogP contribution < -0.4 is 19.5 Å². The highest BCUT2D eigenvalue weighted by Gasteiger charge is 2.12. The SMILES string of the molecule is COc1ccc(C(=O)NCCCCCc2nc3ccccc3n2CCCCOc2ccc(C(C)C)cc2)cc1OC. The second kappa shape index (κ2) is 15.1. The first-order chi connectivity index (χ1) is 20.0. The highest BCUT2D eigenvalue weighted by atomic mass is 16.5. The molecule has 218 valence electrons. The van der Waals surface area contributed by atoms with Crippen molar-refractivity contribution in [3.63, 3.8) is 0 Å². The van der Waals surface area contributed by atoms with Crippen LogP contribution in [0, 0.1) is 0 Å². The van der Waals surface area contributed by atoms with Crippen molar-refractivity contribution >= 4 is 16.9 Å². The first-order valence-corrected chi connectivity index (χ1v) is 14.7. The maximum absolute atomic E-state index is 12.5. The van der Waals surface area contributed by atoms with Gasteiger partial charge in [0.05, 0.1) is 31.9 Å². The number of nitrogens with one attached hydrogen (secondary N) is 1. The number of fused-ring (bicyclic) bond motifs is 1. The Morgan fingerprint density at radius 1 is 0.878 bits per heavy atom. The van der Waals surface area contributed by atoms with E-state index in [1.165, 1.54) is 11.1 Å². The number of hydrogen-bond donors (Lipinski definition) is 1. The van der Waals surface area contributed by atoms with E-state index in [4.69, 9.17) is 19.2 Å². The Bertz CT molecular complexity index is 1400. The Hall–Kier alpha value is -4.00. The van der Waals surface area contributed by atoms with E-state index in [-0.39, 0.29) is 5.91 Å². The number of ether oxygens (including phenoxy) is 3. The maximum atomic E-state index is 12.5. The molecule has 7 nitrogen and oxygen atoms in total. The van der Waals surface area contributed by atoms with E-state index in [2.05, 4.69) is 66.2 Å². The number of aryl methyl sites for hydroxylation is 2. The highest BCUT2D eigenvalue weighted by Crippen LogP contribution is 2.27. The normalized spacial score (nSPS) is 11.1. The molecular formula is C34H43N3O4. The van der Waals surface area contributed by atoms with Gasteiger partial charge in [-0.2, -0.15) is 0 Å². The van der Waals surface area contributed by atoms with E-state index in [1.54, 1.807) is 32.4 Å². The molecule has 4 aromatic rings. The lowest BCUT2D eigenvalue weighted by Gasteiger charge is -2.11. The molecule has 0 radical (unpaired) electrons. The number of nitrogens with zero attached hydrogens (tertiary/aromatic N) is 2. The van der Waals surface area contributed by atoms with Gasteiger partial charge in [-0.25, -0.2) is 4.98 Å². The summed E-state index contributed by atoms with van der Waals surface area (Å²) in [5, 5.41) is 3.01. The van der Waals surface area contributed by atoms with Crippen LogP contribution >= 0.6 is 0 Å². The summed E-state index contributed by atoms with van der Waals surface area (Å²) in [6, 6.07) is 22.0. The average molecular weight is 558 g/mol. The summed E-state index contributed by atoms with van der Waals surface area (Å²) in [6.45, 7) is 6.66. The first-order valence-electron chi connectivity index (χ1n) is 14.7. The van der Waals surface area contributed by atoms with Crippen molar-refractivity contribution < 1.29 is 19.0 Å². The third-order valence-electron chi connectivity index (χ3n) is 7.33. The quantitative estimate of drug-likeness (QED) is 0.148. The summed E-state index contributed by atoms with van der Waals surface area (Å²) < 4.78 is 18.9. The molecule has 0 aliphatic rings. The Labute approximate surface area is 243 Å². The fourth-order valence-electron chi connectivity index (χ4n) is 4.94. The maximum Gasteiger partial charge on any atom is 0.251 e. The van der Waals surface area contributed by atoms with Crippen molar-refractivity contribution in [1.82, 2.24) is 14.9 Å². The van der Waals surface area contributed by atoms with Crippen LogP contribution in [0.2, 0.25) is 0 Å². The fourth-order valence-corrected chi connectivity index (χ4v) is 4.94. The molecule has 0 saturated heterocycles. The molecule has 1 amide bonds. The average Bonchev–Trinajstić information content (AvgIpc) is 3.35. The molecule has 3 aromatic carbocycles. The molecule has 0 aliphatic heterocycles. The number of para-hydroxylation sites is 2. The zero-order valence-corrected chi connectivity index (χ0v) is 24.8. The van der Waals surface area contributed by atoms with E-state index < -0.39 is 0 Å². The van der Waals surface area contributed by atoms with Crippen LogP contribution in [0.3, 0.4) is 0 Å². The molecule has 0 fully saturated rings. The van der Waals surface area contributed by atoms with Gasteiger partial charge in [-0.15, -0.1) is 0 Å². The number of amides is 1. The zero-order chi connectivity index (χ0) is 29.0. The molecule has 0 aliphatic carbocycles. The molecule has 41 heavy (non-hydrogen) atoms. The predicted octanol–water partition coefficient (Wildman–Crippen LogP) is 7.18. The minimum absolute atomic E-state index is 0.107. The molecular weight excluding hydrogens is 514 g/mol. The van der Waals surface area contributed by atoms with E-state index in [9.17, 15) is 4.79 Å². The zero-order valence-electron chi connectivity index (χ0n) is 24.8. The van der Waals surface area contributed by atoms with E-state index in [0.29, 0.717) is 36.1 Å². The van der Waals surface area contributed by atoms with Gasteiger partial charge >= 0.3 is 0 Å². The number of benzene rings is 3. The summed E-state index contributed by atoms with van der Waals surface area (Å²) in [4.78, 5) is 17.5. The van der Waals surface area contributed by atoms with Crippen molar-refractivity contribution in [2.24, 2.45) is 0 Å². The standard InChI is InChI=1S/C34H43N3O4/c1-25(2)26-15-18-28(19-16-26)41-23-11-10-22-37-30-13-8-7-12-29(30)36-33(37)14-6-5-9-21-35-34(38)27-17-20-31(39-3)32(24-27)40-4/h7-8,12-13,15-20,24-25H,5-6,9-11,14,21-23H2,1-4H3,(H,35,38). The molecule has 1 N–H and O–H groups in total. The molecule has 4 rings (SSSR count). The number of methoxy groups -OCH3 is 2. The van der Waals surface area contributed by atoms with Gasteiger partial charge in [0.2, 0.25) is 0 Å². The van der Waals surface area contributed by atoms with E-state index in [1.807, 2.05) is 6.07 Å². The topological polar surface area (TPSA) is 74.6 Å². The molecule has 0 saturated carbocycles. The molecule has 0 bridgehead atoms. The Kier molecular flexibility index (Phi) is 11.1. The largest absolute Gasteiger partial charge is 0.494 e. The van der Waals surface area contributed by atoms with Gasteiger partial charge < -0.3 is 24.1 Å². The van der Waals surface area contributed by atoms with Crippen LogP contribution in [-0.2, 0) is 13.0 Å². The van der Waals surface area contributed by atoms with Gasteiger partial charge in [0.15, 0.2) is 11.5 Å². The highest BCUT2D eigenvalue weighted by molar-refractivity contribution is 5.94. The monoisotopic (exact) mass is 557 g/mol. The number of carbonyl (C=O) groups is 1.